The van der Waals surface area contributed by atoms with Gasteiger partial charge in [0.25, 0.3) is 0 Å². The second-order valence-corrected chi connectivity index (χ2v) is 6.19. The highest BCUT2D eigenvalue weighted by molar-refractivity contribution is 5.76. The smallest absolute Gasteiger partial charge is 0.319 e. The van der Waals surface area contributed by atoms with Crippen LogP contribution in [-0.4, -0.2) is 77.6 Å². The van der Waals surface area contributed by atoms with Gasteiger partial charge in [-0.25, -0.2) is 4.79 Å². The van der Waals surface area contributed by atoms with Crippen molar-refractivity contribution in [3.8, 4) is 0 Å². The fraction of sp³-hybridized carbons (Fsp3) is 0.857. The summed E-state index contributed by atoms with van der Waals surface area (Å²) >= 11 is 0. The highest BCUT2D eigenvalue weighted by atomic mass is 16.4. The van der Waals surface area contributed by atoms with Crippen molar-refractivity contribution < 1.29 is 14.7 Å². The van der Waals surface area contributed by atoms with E-state index in [9.17, 15) is 9.59 Å². The maximum atomic E-state index is 12.4. The Labute approximate surface area is 120 Å². The van der Waals surface area contributed by atoms with Crippen LogP contribution in [0.1, 0.15) is 26.2 Å². The molecule has 1 N–H and O–H groups in total. The highest BCUT2D eigenvalue weighted by Crippen LogP contribution is 2.28. The SMILES string of the molecule is CC(CN(C)C(=O)N1CCC2CCC(C1)N2C)C(=O)O. The third-order valence-corrected chi connectivity index (χ3v) is 4.71. The Morgan fingerprint density at radius 3 is 2.60 bits per heavy atom. The quantitative estimate of drug-likeness (QED) is 0.837. The molecule has 20 heavy (non-hydrogen) atoms. The summed E-state index contributed by atoms with van der Waals surface area (Å²) in [6, 6.07) is 1.01. The van der Waals surface area contributed by atoms with Crippen LogP contribution in [0.3, 0.4) is 0 Å². The zero-order valence-corrected chi connectivity index (χ0v) is 12.6. The van der Waals surface area contributed by atoms with Crippen molar-refractivity contribution in [3.05, 3.63) is 0 Å². The summed E-state index contributed by atoms with van der Waals surface area (Å²) < 4.78 is 0. The van der Waals surface area contributed by atoms with Crippen molar-refractivity contribution in [3.63, 3.8) is 0 Å². The van der Waals surface area contributed by atoms with Crippen molar-refractivity contribution in [1.29, 1.82) is 0 Å². The third-order valence-electron chi connectivity index (χ3n) is 4.71. The second-order valence-electron chi connectivity index (χ2n) is 6.19. The Morgan fingerprint density at radius 2 is 1.95 bits per heavy atom. The van der Waals surface area contributed by atoms with Crippen molar-refractivity contribution in [2.75, 3.05) is 33.7 Å². The van der Waals surface area contributed by atoms with Crippen molar-refractivity contribution >= 4 is 12.0 Å². The average molecular weight is 283 g/mol. The lowest BCUT2D eigenvalue weighted by Crippen LogP contribution is -2.47. The molecule has 114 valence electrons. The number of likely N-dealkylation sites (N-methyl/N-ethyl adjacent to an activating group) is 1. The summed E-state index contributed by atoms with van der Waals surface area (Å²) in [5, 5.41) is 8.93. The van der Waals surface area contributed by atoms with Gasteiger partial charge in [0.1, 0.15) is 0 Å². The van der Waals surface area contributed by atoms with E-state index in [1.807, 2.05) is 4.90 Å². The molecule has 2 aliphatic heterocycles. The molecular formula is C14H25N3O3. The molecule has 0 saturated carbocycles. The number of nitrogens with zero attached hydrogens (tertiary/aromatic N) is 3. The molecule has 0 aromatic heterocycles. The van der Waals surface area contributed by atoms with Crippen LogP contribution in [0.4, 0.5) is 4.79 Å². The molecule has 6 nitrogen and oxygen atoms in total. The first-order valence-corrected chi connectivity index (χ1v) is 7.35. The van der Waals surface area contributed by atoms with Gasteiger partial charge in [0.05, 0.1) is 5.92 Å². The van der Waals surface area contributed by atoms with Gasteiger partial charge in [0, 0.05) is 38.8 Å². The van der Waals surface area contributed by atoms with Gasteiger partial charge in [-0.3, -0.25) is 9.69 Å². The number of aliphatic carboxylic acids is 1. The second kappa shape index (κ2) is 5.99. The van der Waals surface area contributed by atoms with Crippen LogP contribution >= 0.6 is 0 Å². The van der Waals surface area contributed by atoms with Crippen LogP contribution in [0, 0.1) is 5.92 Å². The molecule has 2 fully saturated rings. The van der Waals surface area contributed by atoms with Gasteiger partial charge >= 0.3 is 12.0 Å². The van der Waals surface area contributed by atoms with Gasteiger partial charge in [0.2, 0.25) is 0 Å². The number of carboxylic acids is 1. The first kappa shape index (κ1) is 15.1. The number of rotatable bonds is 3. The molecule has 0 spiro atoms. The molecule has 2 heterocycles. The zero-order chi connectivity index (χ0) is 14.9. The summed E-state index contributed by atoms with van der Waals surface area (Å²) in [5.41, 5.74) is 0. The Hall–Kier alpha value is -1.30. The van der Waals surface area contributed by atoms with E-state index in [0.717, 1.165) is 25.9 Å². The number of carbonyl (C=O) groups is 2. The number of amides is 2. The predicted molar refractivity (Wildman–Crippen MR) is 75.6 cm³/mol. The van der Waals surface area contributed by atoms with E-state index in [-0.39, 0.29) is 12.6 Å². The van der Waals surface area contributed by atoms with Gasteiger partial charge in [-0.1, -0.05) is 6.92 Å². The summed E-state index contributed by atoms with van der Waals surface area (Å²) in [6.07, 6.45) is 3.40. The van der Waals surface area contributed by atoms with E-state index in [1.54, 1.807) is 14.0 Å². The van der Waals surface area contributed by atoms with Crippen LogP contribution < -0.4 is 0 Å². The van der Waals surface area contributed by atoms with Crippen molar-refractivity contribution in [2.24, 2.45) is 5.92 Å². The lowest BCUT2D eigenvalue weighted by Gasteiger charge is -2.30. The molecule has 0 aromatic rings. The summed E-state index contributed by atoms with van der Waals surface area (Å²) in [5.74, 6) is -1.39. The van der Waals surface area contributed by atoms with Crippen LogP contribution in [0.15, 0.2) is 0 Å². The Morgan fingerprint density at radius 1 is 1.30 bits per heavy atom. The molecule has 3 unspecified atom stereocenters. The zero-order valence-electron chi connectivity index (χ0n) is 12.6. The van der Waals surface area contributed by atoms with Crippen LogP contribution in [-0.2, 0) is 4.79 Å². The maximum absolute atomic E-state index is 12.4. The lowest BCUT2D eigenvalue weighted by atomic mass is 10.1. The number of carbonyl (C=O) groups excluding carboxylic acids is 1. The van der Waals surface area contributed by atoms with E-state index >= 15 is 0 Å². The number of carboxylic acid groups (broad SMARTS) is 1. The molecule has 0 aromatic carbocycles. The number of hydrogen-bond acceptors (Lipinski definition) is 3. The topological polar surface area (TPSA) is 64.1 Å². The van der Waals surface area contributed by atoms with Gasteiger partial charge in [-0.05, 0) is 26.3 Å². The number of hydrogen-bond donors (Lipinski definition) is 1. The number of urea groups is 1. The third kappa shape index (κ3) is 3.06. The van der Waals surface area contributed by atoms with E-state index in [0.29, 0.717) is 12.1 Å². The minimum absolute atomic E-state index is 0.0425. The van der Waals surface area contributed by atoms with Gasteiger partial charge in [-0.2, -0.15) is 0 Å². The molecule has 2 rings (SSSR count). The molecular weight excluding hydrogens is 258 g/mol. The van der Waals surface area contributed by atoms with Gasteiger partial charge in [0.15, 0.2) is 0 Å². The molecule has 2 aliphatic rings. The van der Waals surface area contributed by atoms with Crippen LogP contribution in [0.2, 0.25) is 0 Å². The monoisotopic (exact) mass is 283 g/mol. The molecule has 0 aliphatic carbocycles. The molecule has 2 saturated heterocycles. The molecule has 2 bridgehead atoms. The highest BCUT2D eigenvalue weighted by Gasteiger charge is 2.36. The van der Waals surface area contributed by atoms with Gasteiger partial charge < -0.3 is 14.9 Å². The largest absolute Gasteiger partial charge is 0.481 e. The molecule has 6 heteroatoms. The van der Waals surface area contributed by atoms with Crippen LogP contribution in [0.5, 0.6) is 0 Å². The predicted octanol–water partition coefficient (Wildman–Crippen LogP) is 0.927. The Bertz CT molecular complexity index is 388. The fourth-order valence-corrected chi connectivity index (χ4v) is 3.29. The maximum Gasteiger partial charge on any atom is 0.319 e. The van der Waals surface area contributed by atoms with E-state index < -0.39 is 11.9 Å². The standard InChI is InChI=1S/C14H25N3O3/c1-10(13(18)19)8-15(2)14(20)17-7-6-11-4-5-12(9-17)16(11)3/h10-12H,4-9H2,1-3H3,(H,18,19). The fourth-order valence-electron chi connectivity index (χ4n) is 3.29. The summed E-state index contributed by atoms with van der Waals surface area (Å²) in [7, 11) is 3.83. The van der Waals surface area contributed by atoms with E-state index in [1.165, 1.54) is 11.3 Å². The Balaban J connectivity index is 1.94. The normalized spacial score (nSPS) is 28.1. The van der Waals surface area contributed by atoms with Crippen molar-refractivity contribution in [2.45, 2.75) is 38.3 Å². The lowest BCUT2D eigenvalue weighted by molar-refractivity contribution is -0.141. The minimum atomic E-state index is -0.862. The average Bonchev–Trinajstić information content (AvgIpc) is 2.62. The minimum Gasteiger partial charge on any atom is -0.481 e. The molecule has 0 radical (unpaired) electrons. The van der Waals surface area contributed by atoms with E-state index in [2.05, 4.69) is 11.9 Å². The summed E-state index contributed by atoms with van der Waals surface area (Å²) in [6.45, 7) is 3.42. The van der Waals surface area contributed by atoms with Crippen LogP contribution in [0.25, 0.3) is 0 Å². The first-order chi connectivity index (χ1) is 9.40. The van der Waals surface area contributed by atoms with Gasteiger partial charge in [-0.15, -0.1) is 0 Å². The van der Waals surface area contributed by atoms with Crippen molar-refractivity contribution in [1.82, 2.24) is 14.7 Å². The Kier molecular flexibility index (Phi) is 4.52. The molecule has 2 amide bonds. The molecule has 3 atom stereocenters. The summed E-state index contributed by atoms with van der Waals surface area (Å²) in [4.78, 5) is 29.1. The number of likely N-dealkylation sites (tertiary alicyclic amines) is 1. The number of fused-ring (bicyclic) bond motifs is 2. The first-order valence-electron chi connectivity index (χ1n) is 7.35. The van der Waals surface area contributed by atoms with E-state index in [4.69, 9.17) is 5.11 Å².